The topological polar surface area (TPSA) is 68.5 Å². The van der Waals surface area contributed by atoms with Crippen molar-refractivity contribution in [1.29, 1.82) is 0 Å². The molecule has 0 spiro atoms. The first-order valence-corrected chi connectivity index (χ1v) is 7.32. The number of hydrogen-bond donors (Lipinski definition) is 1. The van der Waals surface area contributed by atoms with Gasteiger partial charge in [0.2, 0.25) is 5.91 Å². The second-order valence-corrected chi connectivity index (χ2v) is 5.08. The van der Waals surface area contributed by atoms with Gasteiger partial charge in [-0.25, -0.2) is 4.79 Å². The van der Waals surface area contributed by atoms with Crippen LogP contribution in [0.25, 0.3) is 17.0 Å². The summed E-state index contributed by atoms with van der Waals surface area (Å²) in [4.78, 5) is 23.9. The molecule has 0 bridgehead atoms. The van der Waals surface area contributed by atoms with E-state index >= 15 is 0 Å². The summed E-state index contributed by atoms with van der Waals surface area (Å²) in [5, 5.41) is 3.28. The summed E-state index contributed by atoms with van der Waals surface area (Å²) >= 11 is 0. The minimum Gasteiger partial charge on any atom is -0.497 e. The predicted molar refractivity (Wildman–Crippen MR) is 93.1 cm³/mol. The maximum absolute atomic E-state index is 12.0. The Labute approximate surface area is 138 Å². The van der Waals surface area contributed by atoms with E-state index in [1.54, 1.807) is 49.6 Å². The van der Waals surface area contributed by atoms with E-state index in [1.807, 2.05) is 18.2 Å². The van der Waals surface area contributed by atoms with Crippen LogP contribution in [-0.4, -0.2) is 13.0 Å². The number of rotatable bonds is 4. The van der Waals surface area contributed by atoms with Gasteiger partial charge in [0.15, 0.2) is 0 Å². The van der Waals surface area contributed by atoms with E-state index < -0.39 is 11.5 Å². The Bertz CT molecular complexity index is 955. The Balaban J connectivity index is 1.75. The van der Waals surface area contributed by atoms with E-state index in [-0.39, 0.29) is 5.69 Å². The molecule has 5 nitrogen and oxygen atoms in total. The minimum absolute atomic E-state index is 0.109. The quantitative estimate of drug-likeness (QED) is 0.590. The second-order valence-electron chi connectivity index (χ2n) is 5.08. The average Bonchev–Trinajstić information content (AvgIpc) is 2.61. The van der Waals surface area contributed by atoms with E-state index in [4.69, 9.17) is 9.15 Å². The van der Waals surface area contributed by atoms with Crippen molar-refractivity contribution in [2.24, 2.45) is 0 Å². The van der Waals surface area contributed by atoms with Crippen LogP contribution in [0.3, 0.4) is 0 Å². The van der Waals surface area contributed by atoms with E-state index in [9.17, 15) is 9.59 Å². The Morgan fingerprint density at radius 2 is 1.88 bits per heavy atom. The zero-order chi connectivity index (χ0) is 16.9. The van der Waals surface area contributed by atoms with E-state index in [0.29, 0.717) is 5.58 Å². The number of para-hydroxylation sites is 1. The van der Waals surface area contributed by atoms with Crippen molar-refractivity contribution in [2.75, 3.05) is 12.4 Å². The van der Waals surface area contributed by atoms with Crippen LogP contribution >= 0.6 is 0 Å². The first-order valence-electron chi connectivity index (χ1n) is 7.32. The first-order chi connectivity index (χ1) is 11.7. The summed E-state index contributed by atoms with van der Waals surface area (Å²) < 4.78 is 10.2. The number of anilines is 1. The van der Waals surface area contributed by atoms with Crippen molar-refractivity contribution in [1.82, 2.24) is 0 Å². The molecule has 0 saturated heterocycles. The number of amides is 1. The van der Waals surface area contributed by atoms with Gasteiger partial charge in [-0.15, -0.1) is 0 Å². The smallest absolute Gasteiger partial charge is 0.360 e. The molecule has 120 valence electrons. The van der Waals surface area contributed by atoms with Gasteiger partial charge < -0.3 is 14.5 Å². The van der Waals surface area contributed by atoms with Gasteiger partial charge in [-0.3, -0.25) is 4.79 Å². The highest BCUT2D eigenvalue weighted by molar-refractivity contribution is 6.02. The zero-order valence-electron chi connectivity index (χ0n) is 13.0. The minimum atomic E-state index is -0.583. The van der Waals surface area contributed by atoms with Crippen LogP contribution in [0.4, 0.5) is 5.69 Å². The van der Waals surface area contributed by atoms with Gasteiger partial charge >= 0.3 is 5.63 Å². The molecule has 1 N–H and O–H groups in total. The molecule has 0 atom stereocenters. The highest BCUT2D eigenvalue weighted by Gasteiger charge is 2.07. The molecule has 1 amide bonds. The summed E-state index contributed by atoms with van der Waals surface area (Å²) in [7, 11) is 1.59. The fraction of sp³-hybridized carbons (Fsp3) is 0.0526. The Morgan fingerprint density at radius 3 is 2.62 bits per heavy atom. The molecule has 1 heterocycles. The highest BCUT2D eigenvalue weighted by atomic mass is 16.5. The first kappa shape index (κ1) is 15.6. The predicted octanol–water partition coefficient (Wildman–Crippen LogP) is 3.45. The van der Waals surface area contributed by atoms with Crippen molar-refractivity contribution < 1.29 is 13.9 Å². The molecule has 0 unspecified atom stereocenters. The molecular formula is C19H15NO4. The maximum atomic E-state index is 12.0. The third-order valence-corrected chi connectivity index (χ3v) is 3.44. The molecule has 3 rings (SSSR count). The lowest BCUT2D eigenvalue weighted by atomic mass is 10.2. The van der Waals surface area contributed by atoms with Crippen molar-refractivity contribution in [3.8, 4) is 5.75 Å². The number of hydrogen-bond acceptors (Lipinski definition) is 4. The van der Waals surface area contributed by atoms with E-state index in [0.717, 1.165) is 16.7 Å². The van der Waals surface area contributed by atoms with Crippen LogP contribution < -0.4 is 15.7 Å². The number of methoxy groups -OCH3 is 1. The van der Waals surface area contributed by atoms with Gasteiger partial charge in [-0.2, -0.15) is 0 Å². The van der Waals surface area contributed by atoms with Crippen molar-refractivity contribution in [3.63, 3.8) is 0 Å². The van der Waals surface area contributed by atoms with Gasteiger partial charge in [0.25, 0.3) is 0 Å². The molecule has 24 heavy (non-hydrogen) atoms. The largest absolute Gasteiger partial charge is 0.497 e. The third kappa shape index (κ3) is 3.52. The summed E-state index contributed by atoms with van der Waals surface area (Å²) in [6.45, 7) is 0. The average molecular weight is 321 g/mol. The summed E-state index contributed by atoms with van der Waals surface area (Å²) in [6.07, 6.45) is 3.01. The normalized spacial score (nSPS) is 10.9. The fourth-order valence-electron chi connectivity index (χ4n) is 2.21. The number of carbonyl (C=O) groups excluding carboxylic acids is 1. The molecule has 0 radical (unpaired) electrons. The number of benzene rings is 2. The zero-order valence-corrected chi connectivity index (χ0v) is 13.0. The summed E-state index contributed by atoms with van der Waals surface area (Å²) in [6, 6.07) is 16.0. The second kappa shape index (κ2) is 6.83. The molecule has 5 heteroatoms. The lowest BCUT2D eigenvalue weighted by Crippen LogP contribution is -2.15. The molecular weight excluding hydrogens is 306 g/mol. The van der Waals surface area contributed by atoms with E-state index in [1.165, 1.54) is 6.08 Å². The number of fused-ring (bicyclic) bond motifs is 1. The molecule has 0 aliphatic heterocycles. The van der Waals surface area contributed by atoms with Crippen molar-refractivity contribution >= 4 is 28.6 Å². The molecule has 0 saturated carbocycles. The van der Waals surface area contributed by atoms with Crippen molar-refractivity contribution in [2.45, 2.75) is 0 Å². The molecule has 3 aromatic rings. The van der Waals surface area contributed by atoms with Crippen LogP contribution in [0, 0.1) is 0 Å². The standard InChI is InChI=1S/C19H15NO4/c1-23-15-9-6-13(7-10-15)8-11-18(21)20-16-12-14-4-2-3-5-17(14)24-19(16)22/h2-12H,1H3,(H,20,21)/b11-8+. The summed E-state index contributed by atoms with van der Waals surface area (Å²) in [5.41, 5.74) is 0.851. The fourth-order valence-corrected chi connectivity index (χ4v) is 2.21. The Morgan fingerprint density at radius 1 is 1.12 bits per heavy atom. The highest BCUT2D eigenvalue weighted by Crippen LogP contribution is 2.15. The van der Waals surface area contributed by atoms with Gasteiger partial charge in [-0.1, -0.05) is 30.3 Å². The maximum Gasteiger partial charge on any atom is 0.360 e. The molecule has 1 aromatic heterocycles. The summed E-state index contributed by atoms with van der Waals surface area (Å²) in [5.74, 6) is 0.332. The number of nitrogens with one attached hydrogen (secondary N) is 1. The number of ether oxygens (including phenoxy) is 1. The Kier molecular flexibility index (Phi) is 4.43. The van der Waals surface area contributed by atoms with Crippen LogP contribution in [-0.2, 0) is 4.79 Å². The van der Waals surface area contributed by atoms with Crippen LogP contribution in [0.2, 0.25) is 0 Å². The van der Waals surface area contributed by atoms with Crippen LogP contribution in [0.5, 0.6) is 5.75 Å². The monoisotopic (exact) mass is 321 g/mol. The van der Waals surface area contributed by atoms with Gasteiger partial charge in [0.05, 0.1) is 7.11 Å². The van der Waals surface area contributed by atoms with E-state index in [2.05, 4.69) is 5.32 Å². The lowest BCUT2D eigenvalue weighted by Gasteiger charge is -2.02. The molecule has 2 aromatic carbocycles. The van der Waals surface area contributed by atoms with Gasteiger partial charge in [0.1, 0.15) is 17.0 Å². The number of carbonyl (C=O) groups is 1. The SMILES string of the molecule is COc1ccc(/C=C/C(=O)Nc2cc3ccccc3oc2=O)cc1. The molecule has 0 fully saturated rings. The molecule has 0 aliphatic carbocycles. The lowest BCUT2D eigenvalue weighted by molar-refractivity contribution is -0.111. The van der Waals surface area contributed by atoms with Gasteiger partial charge in [0, 0.05) is 11.5 Å². The Hall–Kier alpha value is -3.34. The van der Waals surface area contributed by atoms with Gasteiger partial charge in [-0.05, 0) is 35.9 Å². The van der Waals surface area contributed by atoms with Crippen LogP contribution in [0.1, 0.15) is 5.56 Å². The molecule has 0 aliphatic rings. The van der Waals surface area contributed by atoms with Crippen LogP contribution in [0.15, 0.2) is 69.9 Å². The third-order valence-electron chi connectivity index (χ3n) is 3.44. The van der Waals surface area contributed by atoms with Crippen molar-refractivity contribution in [3.05, 3.63) is 76.7 Å².